The average molecular weight is 642 g/mol. The summed E-state index contributed by atoms with van der Waals surface area (Å²) in [5, 5.41) is 8.48. The van der Waals surface area contributed by atoms with Gasteiger partial charge in [-0.25, -0.2) is 9.97 Å². The summed E-state index contributed by atoms with van der Waals surface area (Å²) in [5.41, 5.74) is 4.11. The van der Waals surface area contributed by atoms with E-state index in [1.807, 2.05) is 39.0 Å². The molecule has 8 nitrogen and oxygen atoms in total. The fraction of sp³-hybridized carbons (Fsp3) is 0.588. The van der Waals surface area contributed by atoms with Gasteiger partial charge in [0.25, 0.3) is 0 Å². The maximum Gasteiger partial charge on any atom is 0.192 e. The summed E-state index contributed by atoms with van der Waals surface area (Å²) in [4.78, 5) is 10.1. The van der Waals surface area contributed by atoms with Crippen molar-refractivity contribution in [2.75, 3.05) is 25.1 Å². The van der Waals surface area contributed by atoms with E-state index in [0.29, 0.717) is 29.0 Å². The second-order valence-corrected chi connectivity index (χ2v) is 19.7. The van der Waals surface area contributed by atoms with Gasteiger partial charge in [-0.05, 0) is 81.8 Å². The average Bonchev–Trinajstić information content (AvgIpc) is 3.24. The Hall–Kier alpha value is -2.46. The minimum Gasteiger partial charge on any atom is -0.491 e. The molecule has 0 bridgehead atoms. The third-order valence-electron chi connectivity index (χ3n) is 8.46. The van der Waals surface area contributed by atoms with E-state index in [4.69, 9.17) is 40.0 Å². The molecule has 0 aliphatic carbocycles. The van der Waals surface area contributed by atoms with Gasteiger partial charge < -0.3 is 23.7 Å². The fourth-order valence-corrected chi connectivity index (χ4v) is 6.54. The molecule has 1 aromatic carbocycles. The number of rotatable bonds is 10. The molecule has 1 unspecified atom stereocenters. The van der Waals surface area contributed by atoms with Crippen LogP contribution in [0.1, 0.15) is 71.4 Å². The van der Waals surface area contributed by atoms with Crippen molar-refractivity contribution in [1.29, 1.82) is 0 Å². The van der Waals surface area contributed by atoms with Gasteiger partial charge in [-0.3, -0.25) is 0 Å². The Balaban J connectivity index is 1.69. The third-order valence-corrected chi connectivity index (χ3v) is 13.2. The van der Waals surface area contributed by atoms with E-state index in [1.165, 1.54) is 0 Å². The predicted molar refractivity (Wildman–Crippen MR) is 181 cm³/mol. The fourth-order valence-electron chi connectivity index (χ4n) is 5.07. The van der Waals surface area contributed by atoms with Crippen LogP contribution in [0.2, 0.25) is 23.2 Å². The van der Waals surface area contributed by atoms with Gasteiger partial charge in [0, 0.05) is 35.4 Å². The van der Waals surface area contributed by atoms with Crippen LogP contribution in [0.3, 0.4) is 0 Å². The van der Waals surface area contributed by atoms with Gasteiger partial charge in [0.1, 0.15) is 23.9 Å². The summed E-state index contributed by atoms with van der Waals surface area (Å²) in [5.74, 6) is 2.68. The number of nitrogens with one attached hydrogen (secondary N) is 1. The number of halogens is 1. The zero-order valence-electron chi connectivity index (χ0n) is 28.4. The lowest BCUT2D eigenvalue weighted by Gasteiger charge is -2.40. The lowest BCUT2D eigenvalue weighted by atomic mass is 9.89. The molecule has 10 heteroatoms. The zero-order chi connectivity index (χ0) is 32.4. The minimum absolute atomic E-state index is 0.0336. The van der Waals surface area contributed by atoms with Crippen LogP contribution in [0.25, 0.3) is 22.6 Å². The summed E-state index contributed by atoms with van der Waals surface area (Å²) in [6.07, 6.45) is 3.90. The van der Waals surface area contributed by atoms with E-state index in [-0.39, 0.29) is 22.6 Å². The number of aromatic nitrogens is 3. The SMILES string of the molecule is Cc1noc(C)c1-c1nc(-c2cc(Cl)cc(OCC([CH]C(C)(C)C)O[Si](C)(C)C(C)(C)C)c2)nc(NC2CCOCC2)c1C. The van der Waals surface area contributed by atoms with Crippen molar-refractivity contribution < 1.29 is 18.4 Å². The monoisotopic (exact) mass is 641 g/mol. The van der Waals surface area contributed by atoms with Crippen molar-refractivity contribution >= 4 is 25.7 Å². The summed E-state index contributed by atoms with van der Waals surface area (Å²) >= 11 is 6.68. The van der Waals surface area contributed by atoms with Crippen LogP contribution in [0.4, 0.5) is 5.82 Å². The number of aryl methyl sites for hydroxylation is 2. The van der Waals surface area contributed by atoms with Crippen LogP contribution in [-0.4, -0.2) is 55.4 Å². The molecule has 0 amide bonds. The first-order valence-corrected chi connectivity index (χ1v) is 18.9. The first-order chi connectivity index (χ1) is 20.4. The molecule has 3 heterocycles. The predicted octanol–water partition coefficient (Wildman–Crippen LogP) is 8.99. The molecule has 1 aliphatic heterocycles. The Morgan fingerprint density at radius 2 is 1.73 bits per heavy atom. The van der Waals surface area contributed by atoms with Crippen LogP contribution in [0.15, 0.2) is 22.7 Å². The van der Waals surface area contributed by atoms with Gasteiger partial charge in [-0.2, -0.15) is 0 Å². The second kappa shape index (κ2) is 13.5. The topological polar surface area (TPSA) is 91.5 Å². The molecule has 0 spiro atoms. The van der Waals surface area contributed by atoms with Crippen molar-refractivity contribution in [3.63, 3.8) is 0 Å². The van der Waals surface area contributed by atoms with E-state index in [2.05, 4.69) is 71.5 Å². The molecule has 1 N–H and O–H groups in total. The lowest BCUT2D eigenvalue weighted by molar-refractivity contribution is 0.0904. The number of benzene rings is 1. The first kappa shape index (κ1) is 34.4. The quantitative estimate of drug-likeness (QED) is 0.219. The van der Waals surface area contributed by atoms with Crippen molar-refractivity contribution in [3.05, 3.63) is 46.7 Å². The summed E-state index contributed by atoms with van der Waals surface area (Å²) in [7, 11) is -2.04. The van der Waals surface area contributed by atoms with E-state index in [9.17, 15) is 0 Å². The van der Waals surface area contributed by atoms with Crippen molar-refractivity contribution in [1.82, 2.24) is 15.1 Å². The number of hydrogen-bond acceptors (Lipinski definition) is 8. The highest BCUT2D eigenvalue weighted by Crippen LogP contribution is 2.39. The molecule has 1 saturated heterocycles. The molecule has 3 aromatic rings. The smallest absolute Gasteiger partial charge is 0.192 e. The van der Waals surface area contributed by atoms with Gasteiger partial charge in [0.05, 0.1) is 23.1 Å². The molecule has 0 saturated carbocycles. The highest BCUT2D eigenvalue weighted by molar-refractivity contribution is 6.74. The number of anilines is 1. The molecular weight excluding hydrogens is 592 g/mol. The Morgan fingerprint density at radius 3 is 2.32 bits per heavy atom. The molecule has 1 radical (unpaired) electrons. The molecular formula is C34H50ClN4O4Si. The van der Waals surface area contributed by atoms with Crippen molar-refractivity contribution in [3.8, 4) is 28.4 Å². The second-order valence-electron chi connectivity index (χ2n) is 14.5. The van der Waals surface area contributed by atoms with Crippen LogP contribution < -0.4 is 10.1 Å². The molecule has 4 rings (SSSR count). The van der Waals surface area contributed by atoms with Gasteiger partial charge >= 0.3 is 0 Å². The maximum absolute atomic E-state index is 6.79. The molecule has 2 aromatic heterocycles. The van der Waals surface area contributed by atoms with Gasteiger partial charge in [-0.1, -0.05) is 58.3 Å². The van der Waals surface area contributed by atoms with E-state index >= 15 is 0 Å². The molecule has 1 fully saturated rings. The first-order valence-electron chi connectivity index (χ1n) is 15.6. The van der Waals surface area contributed by atoms with Crippen LogP contribution in [-0.2, 0) is 9.16 Å². The standard InChI is InChI=1S/C34H50ClN4O4Si/c1-21-30(29-22(2)39-42-23(29)3)37-32(38-31(21)36-26-12-14-40-15-13-26)24-16-25(35)18-27(17-24)41-20-28(19-33(4,5)6)43-44(10,11)34(7,8)9/h16-19,26,28H,12-15,20H2,1-11H3,(H,36,37,38). The van der Waals surface area contributed by atoms with E-state index in [1.54, 1.807) is 0 Å². The largest absolute Gasteiger partial charge is 0.491 e. The molecule has 44 heavy (non-hydrogen) atoms. The van der Waals surface area contributed by atoms with Gasteiger partial charge in [0.2, 0.25) is 0 Å². The Labute approximate surface area is 269 Å². The van der Waals surface area contributed by atoms with Gasteiger partial charge in [0.15, 0.2) is 14.1 Å². The van der Waals surface area contributed by atoms with E-state index in [0.717, 1.165) is 60.0 Å². The molecule has 1 atom stereocenters. The minimum atomic E-state index is -2.04. The van der Waals surface area contributed by atoms with Crippen molar-refractivity contribution in [2.24, 2.45) is 5.41 Å². The Morgan fingerprint density at radius 1 is 1.05 bits per heavy atom. The van der Waals surface area contributed by atoms with Crippen LogP contribution in [0, 0.1) is 32.6 Å². The van der Waals surface area contributed by atoms with E-state index < -0.39 is 8.32 Å². The van der Waals surface area contributed by atoms with Crippen LogP contribution >= 0.6 is 11.6 Å². The molecule has 241 valence electrons. The van der Waals surface area contributed by atoms with Crippen LogP contribution in [0.5, 0.6) is 5.75 Å². The summed E-state index contributed by atoms with van der Waals surface area (Å²) < 4.78 is 24.3. The zero-order valence-corrected chi connectivity index (χ0v) is 30.1. The third kappa shape index (κ3) is 8.62. The number of nitrogens with zero attached hydrogens (tertiary/aromatic N) is 3. The maximum atomic E-state index is 6.79. The van der Waals surface area contributed by atoms with Gasteiger partial charge in [-0.15, -0.1) is 0 Å². The number of hydrogen-bond donors (Lipinski definition) is 1. The summed E-state index contributed by atoms with van der Waals surface area (Å²) in [6, 6.07) is 5.92. The normalized spacial score (nSPS) is 15.8. The highest BCUT2D eigenvalue weighted by atomic mass is 35.5. The highest BCUT2D eigenvalue weighted by Gasteiger charge is 2.40. The lowest BCUT2D eigenvalue weighted by Crippen LogP contribution is -2.46. The Bertz CT molecular complexity index is 1420. The Kier molecular flexibility index (Phi) is 10.5. The summed E-state index contributed by atoms with van der Waals surface area (Å²) in [6.45, 7) is 25.6. The number of ether oxygens (including phenoxy) is 2. The van der Waals surface area contributed by atoms with Crippen molar-refractivity contribution in [2.45, 2.75) is 105 Å². The molecule has 1 aliphatic rings.